The Labute approximate surface area is 651 Å². The lowest BCUT2D eigenvalue weighted by molar-refractivity contribution is -0.161. The van der Waals surface area contributed by atoms with Crippen molar-refractivity contribution in [2.45, 2.75) is 495 Å². The molecule has 106 heavy (non-hydrogen) atoms. The molecule has 0 aliphatic rings. The van der Waals surface area contributed by atoms with E-state index in [1.54, 1.807) is 0 Å². The summed E-state index contributed by atoms with van der Waals surface area (Å²) >= 11 is 0. The normalized spacial score (nSPS) is 13.7. The van der Waals surface area contributed by atoms with Crippen molar-refractivity contribution in [3.05, 3.63) is 0 Å². The zero-order chi connectivity index (χ0) is 77.4. The van der Waals surface area contributed by atoms with Crippen molar-refractivity contribution in [3.63, 3.8) is 0 Å². The van der Waals surface area contributed by atoms with Gasteiger partial charge < -0.3 is 33.8 Å². The molecule has 0 radical (unpaired) electrons. The molecule has 3 N–H and O–H groups in total. The fourth-order valence-corrected chi connectivity index (χ4v) is 15.3. The van der Waals surface area contributed by atoms with E-state index in [2.05, 4.69) is 27.7 Å². The Bertz CT molecular complexity index is 2000. The van der Waals surface area contributed by atoms with E-state index in [9.17, 15) is 43.2 Å². The van der Waals surface area contributed by atoms with Gasteiger partial charge in [-0.1, -0.05) is 426 Å². The maximum absolute atomic E-state index is 13.2. The zero-order valence-electron chi connectivity index (χ0n) is 69.4. The molecule has 0 rings (SSSR count). The summed E-state index contributed by atoms with van der Waals surface area (Å²) in [6, 6.07) is 0. The van der Waals surface area contributed by atoms with E-state index in [-0.39, 0.29) is 25.7 Å². The van der Waals surface area contributed by atoms with Crippen molar-refractivity contribution in [3.8, 4) is 0 Å². The zero-order valence-corrected chi connectivity index (χ0v) is 71.2. The summed E-state index contributed by atoms with van der Waals surface area (Å²) in [5, 5.41) is 10.7. The van der Waals surface area contributed by atoms with E-state index in [4.69, 9.17) is 37.0 Å². The number of aliphatic hydroxyl groups is 1. The first-order valence-corrected chi connectivity index (χ1v) is 48.3. The molecule has 0 aromatic carbocycles. The van der Waals surface area contributed by atoms with Gasteiger partial charge in [-0.2, -0.15) is 0 Å². The SMILES string of the molecule is CCCCCCCCCCCCCCCCCCCCCC(=O)OC[C@H](COP(=O)(O)OC[C@@H](O)COP(=O)(O)OC[C@@H](COC(=O)CCCCCCCCCCCCCC)OC(=O)CCCCCCCCCCCCCCCCCC)OC(=O)CCCCCCCCCCCCCCCCCCCCC. The molecule has 630 valence electrons. The van der Waals surface area contributed by atoms with Crippen molar-refractivity contribution in [1.82, 2.24) is 0 Å². The van der Waals surface area contributed by atoms with Crippen LogP contribution in [0.3, 0.4) is 0 Å². The first kappa shape index (κ1) is 104. The topological polar surface area (TPSA) is 237 Å². The third-order valence-corrected chi connectivity index (χ3v) is 22.5. The second kappa shape index (κ2) is 81.1. The molecule has 0 fully saturated rings. The maximum atomic E-state index is 13.2. The van der Waals surface area contributed by atoms with Gasteiger partial charge in [-0.15, -0.1) is 0 Å². The van der Waals surface area contributed by atoms with Crippen LogP contribution in [0.5, 0.6) is 0 Å². The number of hydrogen-bond donors (Lipinski definition) is 3. The Kier molecular flexibility index (Phi) is 79.6. The Morgan fingerprint density at radius 2 is 0.377 bits per heavy atom. The van der Waals surface area contributed by atoms with Crippen molar-refractivity contribution in [2.24, 2.45) is 0 Å². The number of hydrogen-bond acceptors (Lipinski definition) is 15. The van der Waals surface area contributed by atoms with Crippen molar-refractivity contribution < 1.29 is 80.2 Å². The minimum Gasteiger partial charge on any atom is -0.462 e. The Hall–Kier alpha value is -1.94. The van der Waals surface area contributed by atoms with Gasteiger partial charge in [0.1, 0.15) is 19.3 Å². The number of carbonyl (C=O) groups excluding carboxylic acids is 4. The lowest BCUT2D eigenvalue weighted by atomic mass is 10.0. The van der Waals surface area contributed by atoms with Crippen LogP contribution < -0.4 is 0 Å². The molecule has 0 saturated heterocycles. The van der Waals surface area contributed by atoms with Gasteiger partial charge in [0, 0.05) is 25.7 Å². The highest BCUT2D eigenvalue weighted by atomic mass is 31.2. The fraction of sp³-hybridized carbons (Fsp3) is 0.954. The standard InChI is InChI=1S/C87H170O17P2/c1-5-9-13-17-21-25-29-33-36-39-41-43-46-48-52-56-60-64-68-72-85(90)98-78-83(104-87(92)74-70-66-62-58-54-50-47-44-42-40-37-34-30-26-22-18-14-10-6-2)80-102-106(95,96)100-76-81(88)75-99-105(93,94)101-79-82(77-97-84(89)71-67-63-59-55-51-32-28-24-20-16-12-8-4)103-86(91)73-69-65-61-57-53-49-45-38-35-31-27-23-19-15-11-7-3/h81-83,88H,5-80H2,1-4H3,(H,93,94)(H,95,96)/t81-,82+,83+/m0/s1. The van der Waals surface area contributed by atoms with Gasteiger partial charge in [-0.25, -0.2) is 9.13 Å². The number of carbonyl (C=O) groups is 4. The van der Waals surface area contributed by atoms with Gasteiger partial charge in [-0.3, -0.25) is 37.3 Å². The third kappa shape index (κ3) is 80.1. The average molecular weight is 1550 g/mol. The number of unbranched alkanes of at least 4 members (excludes halogenated alkanes) is 62. The van der Waals surface area contributed by atoms with Crippen LogP contribution in [-0.4, -0.2) is 96.7 Å². The second-order valence-corrected chi connectivity index (χ2v) is 34.2. The van der Waals surface area contributed by atoms with Crippen LogP contribution in [0.15, 0.2) is 0 Å². The second-order valence-electron chi connectivity index (χ2n) is 31.3. The van der Waals surface area contributed by atoms with Gasteiger partial charge in [-0.05, 0) is 25.7 Å². The highest BCUT2D eigenvalue weighted by molar-refractivity contribution is 7.47. The third-order valence-electron chi connectivity index (χ3n) is 20.6. The molecule has 0 heterocycles. The molecule has 0 spiro atoms. The first-order chi connectivity index (χ1) is 51.7. The molecule has 0 aromatic heterocycles. The molecule has 0 aromatic rings. The van der Waals surface area contributed by atoms with Gasteiger partial charge >= 0.3 is 39.5 Å². The summed E-state index contributed by atoms with van der Waals surface area (Å²) in [7, 11) is -9.93. The highest BCUT2D eigenvalue weighted by Crippen LogP contribution is 2.45. The average Bonchev–Trinajstić information content (AvgIpc) is 0.904. The van der Waals surface area contributed by atoms with Crippen LogP contribution in [0.1, 0.15) is 477 Å². The van der Waals surface area contributed by atoms with Crippen LogP contribution in [0.4, 0.5) is 0 Å². The smallest absolute Gasteiger partial charge is 0.462 e. The molecule has 0 aliphatic heterocycles. The first-order valence-electron chi connectivity index (χ1n) is 45.3. The molecule has 0 amide bonds. The number of esters is 4. The number of rotatable bonds is 88. The molecule has 0 aliphatic carbocycles. The van der Waals surface area contributed by atoms with Crippen LogP contribution in [-0.2, 0) is 65.4 Å². The summed E-state index contributed by atoms with van der Waals surface area (Å²) in [6.07, 6.45) is 76.3. The number of phosphoric acid groups is 2. The van der Waals surface area contributed by atoms with E-state index >= 15 is 0 Å². The molecule has 19 heteroatoms. The van der Waals surface area contributed by atoms with Gasteiger partial charge in [0.2, 0.25) is 0 Å². The van der Waals surface area contributed by atoms with E-state index in [0.29, 0.717) is 25.7 Å². The minimum absolute atomic E-state index is 0.109. The predicted molar refractivity (Wildman–Crippen MR) is 437 cm³/mol. The van der Waals surface area contributed by atoms with Gasteiger partial charge in [0.05, 0.1) is 26.4 Å². The van der Waals surface area contributed by atoms with Gasteiger partial charge in [0.15, 0.2) is 12.2 Å². The molecule has 5 atom stereocenters. The van der Waals surface area contributed by atoms with Crippen LogP contribution in [0.2, 0.25) is 0 Å². The van der Waals surface area contributed by atoms with E-state index in [1.807, 2.05) is 0 Å². The Morgan fingerprint density at radius 1 is 0.226 bits per heavy atom. The van der Waals surface area contributed by atoms with Crippen LogP contribution in [0.25, 0.3) is 0 Å². The van der Waals surface area contributed by atoms with Crippen molar-refractivity contribution >= 4 is 39.5 Å². The summed E-state index contributed by atoms with van der Waals surface area (Å²) in [4.78, 5) is 73.3. The van der Waals surface area contributed by atoms with E-state index < -0.39 is 97.5 Å². The number of aliphatic hydroxyl groups excluding tert-OH is 1. The van der Waals surface area contributed by atoms with Gasteiger partial charge in [0.25, 0.3) is 0 Å². The minimum atomic E-state index is -4.97. The van der Waals surface area contributed by atoms with Crippen molar-refractivity contribution in [2.75, 3.05) is 39.6 Å². The molecule has 2 unspecified atom stereocenters. The molecular weight excluding hydrogens is 1380 g/mol. The summed E-state index contributed by atoms with van der Waals surface area (Å²) in [5.74, 6) is -2.09. The molecule has 0 saturated carbocycles. The lowest BCUT2D eigenvalue weighted by Gasteiger charge is -2.21. The predicted octanol–water partition coefficient (Wildman–Crippen LogP) is 26.9. The maximum Gasteiger partial charge on any atom is 0.472 e. The fourth-order valence-electron chi connectivity index (χ4n) is 13.7. The molecule has 17 nitrogen and oxygen atoms in total. The quantitative estimate of drug-likeness (QED) is 0.0222. The lowest BCUT2D eigenvalue weighted by Crippen LogP contribution is -2.30. The summed E-state index contributed by atoms with van der Waals surface area (Å²) < 4.78 is 69.0. The number of phosphoric ester groups is 2. The largest absolute Gasteiger partial charge is 0.472 e. The number of ether oxygens (including phenoxy) is 4. The Balaban J connectivity index is 5.25. The molecular formula is C87H170O17P2. The Morgan fingerprint density at radius 3 is 0.557 bits per heavy atom. The summed E-state index contributed by atoms with van der Waals surface area (Å²) in [5.41, 5.74) is 0. The van der Waals surface area contributed by atoms with Crippen LogP contribution in [0, 0.1) is 0 Å². The van der Waals surface area contributed by atoms with E-state index in [1.165, 1.54) is 308 Å². The summed E-state index contributed by atoms with van der Waals surface area (Å²) in [6.45, 7) is 5.07. The van der Waals surface area contributed by atoms with Crippen LogP contribution >= 0.6 is 15.6 Å². The highest BCUT2D eigenvalue weighted by Gasteiger charge is 2.30. The van der Waals surface area contributed by atoms with E-state index in [0.717, 1.165) is 89.9 Å². The van der Waals surface area contributed by atoms with Crippen molar-refractivity contribution in [1.29, 1.82) is 0 Å². The monoisotopic (exact) mass is 1550 g/mol. The molecule has 0 bridgehead atoms.